The normalized spacial score (nSPS) is 14.5. The maximum atomic E-state index is 12.6. The molecule has 2 heterocycles. The van der Waals surface area contributed by atoms with Crippen LogP contribution in [0.25, 0.3) is 22.5 Å². The average Bonchev–Trinajstić information content (AvgIpc) is 3.22. The predicted molar refractivity (Wildman–Crippen MR) is 118 cm³/mol. The van der Waals surface area contributed by atoms with Crippen LogP contribution < -0.4 is 5.32 Å². The zero-order chi connectivity index (χ0) is 21.8. The van der Waals surface area contributed by atoms with E-state index in [1.165, 1.54) is 5.56 Å². The number of phenols is 1. The highest BCUT2D eigenvalue weighted by Gasteiger charge is 2.24. The summed E-state index contributed by atoms with van der Waals surface area (Å²) in [4.78, 5) is 15.0. The van der Waals surface area contributed by atoms with Crippen molar-refractivity contribution < 1.29 is 19.2 Å². The van der Waals surface area contributed by atoms with Gasteiger partial charge in [0.05, 0.1) is 18.8 Å². The van der Waals surface area contributed by atoms with Crippen LogP contribution in [-0.2, 0) is 11.3 Å². The van der Waals surface area contributed by atoms with Crippen LogP contribution in [0, 0.1) is 6.92 Å². The van der Waals surface area contributed by atoms with Crippen LogP contribution in [0.15, 0.2) is 47.0 Å². The van der Waals surface area contributed by atoms with Crippen LogP contribution in [-0.4, -0.2) is 53.9 Å². The molecule has 3 aromatic rings. The lowest BCUT2D eigenvalue weighted by Crippen LogP contribution is -2.35. The highest BCUT2D eigenvalue weighted by molar-refractivity contribution is 6.02. The van der Waals surface area contributed by atoms with E-state index in [1.54, 1.807) is 12.1 Å². The Bertz CT molecular complexity index is 1050. The summed E-state index contributed by atoms with van der Waals surface area (Å²) in [6, 6.07) is 13.4. The first-order valence-corrected chi connectivity index (χ1v) is 10.5. The van der Waals surface area contributed by atoms with Crippen LogP contribution in [0.4, 0.5) is 0 Å². The number of phenolic OH excluding ortho intramolecular Hbond substituents is 1. The molecule has 1 aliphatic rings. The maximum Gasteiger partial charge on any atom is 0.274 e. The highest BCUT2D eigenvalue weighted by Crippen LogP contribution is 2.36. The minimum atomic E-state index is -0.277. The first kappa shape index (κ1) is 21.1. The van der Waals surface area contributed by atoms with Crippen molar-refractivity contribution in [2.45, 2.75) is 20.4 Å². The maximum absolute atomic E-state index is 12.6. The quantitative estimate of drug-likeness (QED) is 0.632. The monoisotopic (exact) mass is 421 g/mol. The second-order valence-corrected chi connectivity index (χ2v) is 7.68. The van der Waals surface area contributed by atoms with Gasteiger partial charge in [-0.2, -0.15) is 0 Å². The van der Waals surface area contributed by atoms with E-state index >= 15 is 0 Å². The zero-order valence-corrected chi connectivity index (χ0v) is 17.9. The van der Waals surface area contributed by atoms with Gasteiger partial charge in [0.2, 0.25) is 0 Å². The van der Waals surface area contributed by atoms with Crippen molar-refractivity contribution in [3.05, 3.63) is 59.3 Å². The van der Waals surface area contributed by atoms with Crippen LogP contribution >= 0.6 is 0 Å². The number of benzene rings is 2. The number of nitrogens with one attached hydrogen (secondary N) is 1. The number of amides is 1. The van der Waals surface area contributed by atoms with Crippen molar-refractivity contribution in [3.8, 4) is 28.2 Å². The largest absolute Gasteiger partial charge is 0.508 e. The number of aromatic hydroxyl groups is 1. The Balaban J connectivity index is 1.70. The molecule has 0 atom stereocenters. The van der Waals surface area contributed by atoms with E-state index in [-0.39, 0.29) is 17.4 Å². The fourth-order valence-electron chi connectivity index (χ4n) is 3.75. The molecule has 4 rings (SSSR count). The molecule has 0 unspecified atom stereocenters. The van der Waals surface area contributed by atoms with E-state index in [4.69, 9.17) is 9.26 Å². The van der Waals surface area contributed by atoms with Gasteiger partial charge in [-0.3, -0.25) is 9.69 Å². The fraction of sp³-hybridized carbons (Fsp3) is 0.333. The summed E-state index contributed by atoms with van der Waals surface area (Å²) in [5, 5.41) is 16.8. The third-order valence-corrected chi connectivity index (χ3v) is 5.46. The standard InChI is InChI=1S/C24H27N3O4/c1-3-25-24(29)22-21(23(31-26-22)19-8-9-20(28)16(2)14-19)18-6-4-17(5-7-18)15-27-10-12-30-13-11-27/h4-9,14,28H,3,10-13,15H2,1-2H3,(H,25,29). The Morgan fingerprint density at radius 1 is 1.13 bits per heavy atom. The average molecular weight is 421 g/mol. The number of aromatic nitrogens is 1. The second kappa shape index (κ2) is 9.32. The number of nitrogens with zero attached hydrogens (tertiary/aromatic N) is 2. The molecule has 1 amide bonds. The number of rotatable bonds is 6. The van der Waals surface area contributed by atoms with Gasteiger partial charge in [0.1, 0.15) is 5.75 Å². The Labute approximate surface area is 181 Å². The van der Waals surface area contributed by atoms with Gasteiger partial charge in [0.25, 0.3) is 5.91 Å². The molecule has 1 aliphatic heterocycles. The molecule has 1 aromatic heterocycles. The third-order valence-electron chi connectivity index (χ3n) is 5.46. The molecule has 2 aromatic carbocycles. The summed E-state index contributed by atoms with van der Waals surface area (Å²) in [5.74, 6) is 0.437. The SMILES string of the molecule is CCNC(=O)c1noc(-c2ccc(O)c(C)c2)c1-c1ccc(CN2CCOCC2)cc1. The molecule has 7 nitrogen and oxygen atoms in total. The Kier molecular flexibility index (Phi) is 6.34. The third kappa shape index (κ3) is 4.62. The van der Waals surface area contributed by atoms with E-state index in [1.807, 2.05) is 32.0 Å². The molecule has 162 valence electrons. The van der Waals surface area contributed by atoms with Crippen LogP contribution in [0.5, 0.6) is 5.75 Å². The van der Waals surface area contributed by atoms with Gasteiger partial charge in [0.15, 0.2) is 11.5 Å². The molecule has 0 spiro atoms. The van der Waals surface area contributed by atoms with Gasteiger partial charge in [-0.15, -0.1) is 0 Å². The topological polar surface area (TPSA) is 87.8 Å². The van der Waals surface area contributed by atoms with E-state index in [0.29, 0.717) is 17.9 Å². The summed E-state index contributed by atoms with van der Waals surface area (Å²) in [7, 11) is 0. The van der Waals surface area contributed by atoms with E-state index in [0.717, 1.165) is 49.5 Å². The van der Waals surface area contributed by atoms with Gasteiger partial charge in [-0.1, -0.05) is 29.4 Å². The number of aryl methyl sites for hydroxylation is 1. The fourth-order valence-corrected chi connectivity index (χ4v) is 3.75. The Hall–Kier alpha value is -3.16. The molecule has 0 saturated carbocycles. The molecule has 2 N–H and O–H groups in total. The molecular weight excluding hydrogens is 394 g/mol. The van der Waals surface area contributed by atoms with Crippen molar-refractivity contribution in [2.24, 2.45) is 0 Å². The summed E-state index contributed by atoms with van der Waals surface area (Å²) in [6.45, 7) is 8.44. The van der Waals surface area contributed by atoms with Crippen molar-refractivity contribution in [2.75, 3.05) is 32.8 Å². The number of carbonyl (C=O) groups excluding carboxylic acids is 1. The number of morpholine rings is 1. The molecule has 1 fully saturated rings. The van der Waals surface area contributed by atoms with Crippen LogP contribution in [0.2, 0.25) is 0 Å². The predicted octanol–water partition coefficient (Wildman–Crippen LogP) is 3.60. The Morgan fingerprint density at radius 2 is 1.84 bits per heavy atom. The van der Waals surface area contributed by atoms with Crippen molar-refractivity contribution >= 4 is 5.91 Å². The van der Waals surface area contributed by atoms with Gasteiger partial charge in [0, 0.05) is 31.7 Å². The van der Waals surface area contributed by atoms with Gasteiger partial charge in [-0.05, 0) is 48.7 Å². The number of hydrogen-bond donors (Lipinski definition) is 2. The number of carbonyl (C=O) groups is 1. The van der Waals surface area contributed by atoms with Gasteiger partial charge >= 0.3 is 0 Å². The Morgan fingerprint density at radius 3 is 2.52 bits per heavy atom. The van der Waals surface area contributed by atoms with Crippen molar-refractivity contribution in [1.82, 2.24) is 15.4 Å². The first-order chi connectivity index (χ1) is 15.1. The summed E-state index contributed by atoms with van der Waals surface area (Å²) in [5.41, 5.74) is 4.43. The lowest BCUT2D eigenvalue weighted by atomic mass is 9.97. The summed E-state index contributed by atoms with van der Waals surface area (Å²) >= 11 is 0. The summed E-state index contributed by atoms with van der Waals surface area (Å²) in [6.07, 6.45) is 0. The molecule has 0 radical (unpaired) electrons. The van der Waals surface area contributed by atoms with Crippen LogP contribution in [0.1, 0.15) is 28.5 Å². The first-order valence-electron chi connectivity index (χ1n) is 10.5. The zero-order valence-electron chi connectivity index (χ0n) is 17.9. The molecule has 7 heteroatoms. The van der Waals surface area contributed by atoms with Gasteiger partial charge < -0.3 is 19.7 Å². The van der Waals surface area contributed by atoms with Crippen molar-refractivity contribution in [1.29, 1.82) is 0 Å². The molecule has 1 saturated heterocycles. The highest BCUT2D eigenvalue weighted by atomic mass is 16.5. The number of ether oxygens (including phenoxy) is 1. The van der Waals surface area contributed by atoms with E-state index in [2.05, 4.69) is 27.5 Å². The summed E-state index contributed by atoms with van der Waals surface area (Å²) < 4.78 is 11.1. The number of hydrogen-bond acceptors (Lipinski definition) is 6. The lowest BCUT2D eigenvalue weighted by molar-refractivity contribution is 0.0342. The molecule has 0 bridgehead atoms. The molecular formula is C24H27N3O4. The molecule has 0 aliphatic carbocycles. The van der Waals surface area contributed by atoms with E-state index < -0.39 is 0 Å². The minimum Gasteiger partial charge on any atom is -0.508 e. The molecule has 31 heavy (non-hydrogen) atoms. The second-order valence-electron chi connectivity index (χ2n) is 7.68. The lowest BCUT2D eigenvalue weighted by Gasteiger charge is -2.26. The van der Waals surface area contributed by atoms with Crippen molar-refractivity contribution in [3.63, 3.8) is 0 Å². The minimum absolute atomic E-state index is 0.209. The van der Waals surface area contributed by atoms with Crippen LogP contribution in [0.3, 0.4) is 0 Å². The smallest absolute Gasteiger partial charge is 0.274 e. The van der Waals surface area contributed by atoms with Gasteiger partial charge in [-0.25, -0.2) is 0 Å². The van der Waals surface area contributed by atoms with E-state index in [9.17, 15) is 9.90 Å².